The maximum Gasteiger partial charge on any atom is 0.250 e. The van der Waals surface area contributed by atoms with Gasteiger partial charge in [-0.25, -0.2) is 8.42 Å². The molecule has 0 aliphatic rings. The number of nitrogens with one attached hydrogen (secondary N) is 1. The Morgan fingerprint density at radius 2 is 2.05 bits per heavy atom. The molecule has 0 aliphatic heterocycles. The lowest BCUT2D eigenvalue weighted by atomic mass is 10.00. The van der Waals surface area contributed by atoms with Crippen molar-refractivity contribution in [1.82, 2.24) is 4.72 Å². The highest BCUT2D eigenvalue weighted by Gasteiger charge is 2.28. The van der Waals surface area contributed by atoms with Crippen LogP contribution in [0.25, 0.3) is 0 Å². The molecule has 0 fully saturated rings. The second-order valence-corrected chi connectivity index (χ2v) is 7.57. The smallest absolute Gasteiger partial charge is 0.250 e. The molecule has 1 aromatic heterocycles. The summed E-state index contributed by atoms with van der Waals surface area (Å²) >= 11 is 1.21. The monoisotopic (exact) mass is 304 g/mol. The Labute approximate surface area is 118 Å². The van der Waals surface area contributed by atoms with Crippen molar-refractivity contribution in [2.75, 3.05) is 0 Å². The Balaban J connectivity index is 2.97. The average Bonchev–Trinajstić information content (AvgIpc) is 2.84. The minimum absolute atomic E-state index is 0.141. The minimum atomic E-state index is -3.68. The van der Waals surface area contributed by atoms with Crippen LogP contribution < -0.4 is 10.5 Å². The quantitative estimate of drug-likeness (QED) is 0.799. The van der Waals surface area contributed by atoms with Crippen molar-refractivity contribution in [2.45, 2.75) is 43.9 Å². The highest BCUT2D eigenvalue weighted by atomic mass is 32.2. The third kappa shape index (κ3) is 4.02. The van der Waals surface area contributed by atoms with Gasteiger partial charge in [-0.1, -0.05) is 27.2 Å². The summed E-state index contributed by atoms with van der Waals surface area (Å²) in [6.45, 7) is 5.64. The lowest BCUT2D eigenvalue weighted by molar-refractivity contribution is -0.120. The predicted octanol–water partition coefficient (Wildman–Crippen LogP) is 1.49. The number of carbonyl (C=O) groups excluding carboxylic acids is 1. The lowest BCUT2D eigenvalue weighted by Crippen LogP contribution is -2.48. The van der Waals surface area contributed by atoms with E-state index in [1.54, 1.807) is 19.1 Å². The fraction of sp³-hybridized carbons (Fsp3) is 0.583. The van der Waals surface area contributed by atoms with Crippen LogP contribution in [-0.2, 0) is 21.2 Å². The van der Waals surface area contributed by atoms with Gasteiger partial charge < -0.3 is 5.73 Å². The third-order valence-electron chi connectivity index (χ3n) is 3.05. The van der Waals surface area contributed by atoms with E-state index < -0.39 is 22.0 Å². The van der Waals surface area contributed by atoms with Gasteiger partial charge in [-0.3, -0.25) is 4.79 Å². The summed E-state index contributed by atoms with van der Waals surface area (Å²) in [5.74, 6) is -0.789. The maximum atomic E-state index is 12.2. The molecule has 2 unspecified atom stereocenters. The molecule has 0 saturated carbocycles. The molecule has 0 bridgehead atoms. The van der Waals surface area contributed by atoms with E-state index in [1.807, 2.05) is 13.8 Å². The van der Waals surface area contributed by atoms with Crippen LogP contribution in [0.5, 0.6) is 0 Å². The Kier molecular flexibility index (Phi) is 5.51. The second kappa shape index (κ2) is 6.49. The van der Waals surface area contributed by atoms with E-state index in [2.05, 4.69) is 4.72 Å². The molecular formula is C12H20N2O3S2. The fourth-order valence-corrected chi connectivity index (χ4v) is 4.23. The molecule has 1 rings (SSSR count). The van der Waals surface area contributed by atoms with Crippen molar-refractivity contribution in [3.63, 3.8) is 0 Å². The minimum Gasteiger partial charge on any atom is -0.368 e. The van der Waals surface area contributed by atoms with Crippen LogP contribution in [0, 0.1) is 5.92 Å². The zero-order chi connectivity index (χ0) is 14.6. The molecule has 2 atom stereocenters. The van der Waals surface area contributed by atoms with E-state index in [0.29, 0.717) is 6.42 Å². The number of rotatable bonds is 7. The number of primary amides is 1. The molecule has 0 saturated heterocycles. The van der Waals surface area contributed by atoms with Crippen molar-refractivity contribution in [1.29, 1.82) is 0 Å². The Morgan fingerprint density at radius 3 is 2.47 bits per heavy atom. The summed E-state index contributed by atoms with van der Waals surface area (Å²) in [5, 5.41) is 0. The lowest BCUT2D eigenvalue weighted by Gasteiger charge is -2.20. The summed E-state index contributed by atoms with van der Waals surface area (Å²) in [5.41, 5.74) is 5.27. The Hall–Kier alpha value is -0.920. The standard InChI is InChI=1S/C12H20N2O3S2/c1-4-8(3)11(12(13)15)14-19(16,17)10-7-6-9(5-2)18-10/h6-8,11,14H,4-5H2,1-3H3,(H2,13,15). The molecule has 7 heteroatoms. The second-order valence-electron chi connectivity index (χ2n) is 4.46. The number of carbonyl (C=O) groups is 1. The maximum absolute atomic E-state index is 12.2. The van der Waals surface area contributed by atoms with E-state index >= 15 is 0 Å². The highest BCUT2D eigenvalue weighted by Crippen LogP contribution is 2.22. The van der Waals surface area contributed by atoms with Crippen LogP contribution in [0.15, 0.2) is 16.3 Å². The Morgan fingerprint density at radius 1 is 1.42 bits per heavy atom. The molecule has 5 nitrogen and oxygen atoms in total. The first kappa shape index (κ1) is 16.1. The van der Waals surface area contributed by atoms with Crippen molar-refractivity contribution in [3.8, 4) is 0 Å². The van der Waals surface area contributed by atoms with Crippen LogP contribution in [0.4, 0.5) is 0 Å². The van der Waals surface area contributed by atoms with Gasteiger partial charge in [-0.15, -0.1) is 11.3 Å². The van der Waals surface area contributed by atoms with E-state index in [1.165, 1.54) is 11.3 Å². The number of aryl methyl sites for hydroxylation is 1. The van der Waals surface area contributed by atoms with Crippen molar-refractivity contribution >= 4 is 27.3 Å². The molecule has 1 aromatic rings. The topological polar surface area (TPSA) is 89.3 Å². The molecule has 1 heterocycles. The zero-order valence-electron chi connectivity index (χ0n) is 11.3. The van der Waals surface area contributed by atoms with Gasteiger partial charge in [0.25, 0.3) is 10.0 Å². The van der Waals surface area contributed by atoms with Crippen LogP contribution in [0.1, 0.15) is 32.1 Å². The molecule has 0 aliphatic carbocycles. The summed E-state index contributed by atoms with van der Waals surface area (Å²) < 4.78 is 27.0. The summed E-state index contributed by atoms with van der Waals surface area (Å²) in [6, 6.07) is 2.46. The summed E-state index contributed by atoms with van der Waals surface area (Å²) in [4.78, 5) is 12.4. The van der Waals surface area contributed by atoms with Crippen LogP contribution in [0.2, 0.25) is 0 Å². The van der Waals surface area contributed by atoms with Gasteiger partial charge >= 0.3 is 0 Å². The number of sulfonamides is 1. The first-order valence-electron chi connectivity index (χ1n) is 6.22. The normalized spacial score (nSPS) is 15.1. The molecule has 19 heavy (non-hydrogen) atoms. The number of hydrogen-bond acceptors (Lipinski definition) is 4. The number of nitrogens with two attached hydrogens (primary N) is 1. The molecular weight excluding hydrogens is 284 g/mol. The van der Waals surface area contributed by atoms with Crippen LogP contribution >= 0.6 is 11.3 Å². The average molecular weight is 304 g/mol. The van der Waals surface area contributed by atoms with E-state index in [9.17, 15) is 13.2 Å². The van der Waals surface area contributed by atoms with Gasteiger partial charge in [0.1, 0.15) is 10.3 Å². The van der Waals surface area contributed by atoms with E-state index in [-0.39, 0.29) is 10.1 Å². The van der Waals surface area contributed by atoms with Gasteiger partial charge in [0, 0.05) is 4.88 Å². The SMILES string of the molecule is CCc1ccc(S(=O)(=O)NC(C(N)=O)C(C)CC)s1. The number of amides is 1. The van der Waals surface area contributed by atoms with Gasteiger partial charge in [-0.05, 0) is 24.5 Å². The van der Waals surface area contributed by atoms with Gasteiger partial charge in [-0.2, -0.15) is 4.72 Å². The van der Waals surface area contributed by atoms with Crippen molar-refractivity contribution in [3.05, 3.63) is 17.0 Å². The summed E-state index contributed by atoms with van der Waals surface area (Å²) in [6.07, 6.45) is 1.45. The predicted molar refractivity (Wildman–Crippen MR) is 76.5 cm³/mol. The largest absolute Gasteiger partial charge is 0.368 e. The highest BCUT2D eigenvalue weighted by molar-refractivity contribution is 7.91. The zero-order valence-corrected chi connectivity index (χ0v) is 13.0. The first-order valence-corrected chi connectivity index (χ1v) is 8.52. The summed E-state index contributed by atoms with van der Waals surface area (Å²) in [7, 11) is -3.68. The van der Waals surface area contributed by atoms with E-state index in [4.69, 9.17) is 5.73 Å². The molecule has 0 aromatic carbocycles. The van der Waals surface area contributed by atoms with Gasteiger partial charge in [0.2, 0.25) is 5.91 Å². The van der Waals surface area contributed by atoms with Crippen LogP contribution in [-0.4, -0.2) is 20.4 Å². The molecule has 3 N–H and O–H groups in total. The fourth-order valence-electron chi connectivity index (χ4n) is 1.61. The molecule has 0 radical (unpaired) electrons. The molecule has 1 amide bonds. The molecule has 108 valence electrons. The third-order valence-corrected chi connectivity index (χ3v) is 6.21. The van der Waals surface area contributed by atoms with Gasteiger partial charge in [0.05, 0.1) is 0 Å². The van der Waals surface area contributed by atoms with Crippen molar-refractivity contribution in [2.24, 2.45) is 11.7 Å². The molecule has 0 spiro atoms. The van der Waals surface area contributed by atoms with Crippen LogP contribution in [0.3, 0.4) is 0 Å². The number of thiophene rings is 1. The van der Waals surface area contributed by atoms with E-state index in [0.717, 1.165) is 11.3 Å². The first-order chi connectivity index (χ1) is 8.81. The number of hydrogen-bond donors (Lipinski definition) is 2. The van der Waals surface area contributed by atoms with Gasteiger partial charge in [0.15, 0.2) is 0 Å². The van der Waals surface area contributed by atoms with Crippen molar-refractivity contribution < 1.29 is 13.2 Å². The Bertz CT molecular complexity index is 537.